The van der Waals surface area contributed by atoms with Crippen molar-refractivity contribution in [1.82, 2.24) is 15.3 Å². The Hall–Kier alpha value is -1.88. The molecule has 0 aliphatic carbocycles. The number of H-pyrrole nitrogens is 1. The number of amides is 1. The normalized spacial score (nSPS) is 12.5. The Balaban J connectivity index is 1.80. The summed E-state index contributed by atoms with van der Waals surface area (Å²) in [6.45, 7) is 2.68. The number of hydrogen-bond donors (Lipinski definition) is 3. The van der Waals surface area contributed by atoms with Gasteiger partial charge in [-0.3, -0.25) is 4.79 Å². The molecule has 1 amide bonds. The first-order valence-corrected chi connectivity index (χ1v) is 7.65. The molecule has 2 aromatic rings. The average Bonchev–Trinajstić information content (AvgIpc) is 2.91. The number of aromatic nitrogens is 2. The molecule has 5 nitrogen and oxygen atoms in total. The fraction of sp³-hybridized carbons (Fsp3) is 0.500. The number of para-hydroxylation sites is 2. The van der Waals surface area contributed by atoms with Crippen LogP contribution in [0.1, 0.15) is 50.9 Å². The van der Waals surface area contributed by atoms with Crippen LogP contribution in [-0.2, 0) is 4.79 Å². The number of unbranched alkanes of at least 4 members (excludes halogenated alkanes) is 3. The maximum absolute atomic E-state index is 11.9. The summed E-state index contributed by atoms with van der Waals surface area (Å²) in [5.74, 6) is 0.878. The van der Waals surface area contributed by atoms with Crippen molar-refractivity contribution in [1.29, 1.82) is 0 Å². The van der Waals surface area contributed by atoms with Crippen molar-refractivity contribution in [2.24, 2.45) is 5.73 Å². The predicted molar refractivity (Wildman–Crippen MR) is 84.8 cm³/mol. The van der Waals surface area contributed by atoms with Crippen molar-refractivity contribution in [3.05, 3.63) is 30.1 Å². The van der Waals surface area contributed by atoms with E-state index in [1.165, 1.54) is 0 Å². The molecule has 0 saturated carbocycles. The predicted octanol–water partition coefficient (Wildman–Crippen LogP) is 2.65. The number of hydrogen-bond acceptors (Lipinski definition) is 3. The van der Waals surface area contributed by atoms with Gasteiger partial charge < -0.3 is 16.0 Å². The van der Waals surface area contributed by atoms with Crippen molar-refractivity contribution in [3.8, 4) is 0 Å². The summed E-state index contributed by atoms with van der Waals surface area (Å²) in [7, 11) is 0. The van der Waals surface area contributed by atoms with Crippen molar-refractivity contribution >= 4 is 16.9 Å². The third-order valence-corrected chi connectivity index (χ3v) is 3.55. The van der Waals surface area contributed by atoms with Crippen LogP contribution in [0.2, 0.25) is 0 Å². The zero-order valence-corrected chi connectivity index (χ0v) is 12.6. The second kappa shape index (κ2) is 7.78. The van der Waals surface area contributed by atoms with E-state index in [-0.39, 0.29) is 11.9 Å². The molecule has 2 rings (SSSR count). The van der Waals surface area contributed by atoms with Crippen LogP contribution >= 0.6 is 0 Å². The lowest BCUT2D eigenvalue weighted by Crippen LogP contribution is -2.27. The fourth-order valence-electron chi connectivity index (χ4n) is 2.34. The molecule has 0 aliphatic rings. The largest absolute Gasteiger partial charge is 0.346 e. The Morgan fingerprint density at radius 2 is 2.05 bits per heavy atom. The van der Waals surface area contributed by atoms with E-state index in [1.807, 2.05) is 31.2 Å². The van der Waals surface area contributed by atoms with Gasteiger partial charge in [-0.2, -0.15) is 0 Å². The number of rotatable bonds is 8. The summed E-state index contributed by atoms with van der Waals surface area (Å²) in [5.41, 5.74) is 7.37. The average molecular weight is 288 g/mol. The Labute approximate surface area is 125 Å². The minimum atomic E-state index is -0.103. The molecule has 5 heteroatoms. The molecule has 1 atom stereocenters. The van der Waals surface area contributed by atoms with Crippen molar-refractivity contribution in [2.45, 2.75) is 45.1 Å². The highest BCUT2D eigenvalue weighted by molar-refractivity contribution is 5.77. The molecule has 114 valence electrons. The van der Waals surface area contributed by atoms with Crippen molar-refractivity contribution in [3.63, 3.8) is 0 Å². The summed E-state index contributed by atoms with van der Waals surface area (Å²) >= 11 is 0. The number of fused-ring (bicyclic) bond motifs is 1. The summed E-state index contributed by atoms with van der Waals surface area (Å²) in [6, 6.07) is 7.76. The highest BCUT2D eigenvalue weighted by Crippen LogP contribution is 2.15. The van der Waals surface area contributed by atoms with Gasteiger partial charge in [-0.1, -0.05) is 25.0 Å². The van der Waals surface area contributed by atoms with Gasteiger partial charge in [0.05, 0.1) is 17.1 Å². The van der Waals surface area contributed by atoms with Crippen molar-refractivity contribution in [2.75, 3.05) is 6.54 Å². The highest BCUT2D eigenvalue weighted by Gasteiger charge is 2.13. The van der Waals surface area contributed by atoms with Gasteiger partial charge in [0.2, 0.25) is 5.91 Å². The molecule has 0 radical (unpaired) electrons. The van der Waals surface area contributed by atoms with E-state index in [1.54, 1.807) is 0 Å². The first kappa shape index (κ1) is 15.5. The van der Waals surface area contributed by atoms with E-state index in [9.17, 15) is 4.79 Å². The van der Waals surface area contributed by atoms with Crippen LogP contribution in [-0.4, -0.2) is 22.4 Å². The molecular weight excluding hydrogens is 264 g/mol. The minimum Gasteiger partial charge on any atom is -0.346 e. The highest BCUT2D eigenvalue weighted by atomic mass is 16.1. The van der Waals surface area contributed by atoms with E-state index < -0.39 is 0 Å². The Morgan fingerprint density at radius 3 is 2.81 bits per heavy atom. The second-order valence-electron chi connectivity index (χ2n) is 5.38. The quantitative estimate of drug-likeness (QED) is 0.653. The zero-order chi connectivity index (χ0) is 15.1. The molecule has 1 aromatic carbocycles. The minimum absolute atomic E-state index is 0.0794. The van der Waals surface area contributed by atoms with Crippen LogP contribution in [0, 0.1) is 0 Å². The van der Waals surface area contributed by atoms with E-state index in [4.69, 9.17) is 5.73 Å². The topological polar surface area (TPSA) is 83.8 Å². The number of carbonyl (C=O) groups excluding carboxylic acids is 1. The van der Waals surface area contributed by atoms with E-state index in [0.29, 0.717) is 6.42 Å². The monoisotopic (exact) mass is 288 g/mol. The van der Waals surface area contributed by atoms with Crippen LogP contribution in [0.15, 0.2) is 24.3 Å². The standard InChI is InChI=1S/C16H24N4O/c1-12(18-15(21)10-4-2-3-7-11-17)16-19-13-8-5-6-9-14(13)20-16/h5-6,8-9,12H,2-4,7,10-11,17H2,1H3,(H,18,21)(H,19,20). The Morgan fingerprint density at radius 1 is 1.29 bits per heavy atom. The van der Waals surface area contributed by atoms with E-state index in [0.717, 1.165) is 49.1 Å². The molecule has 0 fully saturated rings. The molecule has 0 aliphatic heterocycles. The number of nitrogens with one attached hydrogen (secondary N) is 2. The summed E-state index contributed by atoms with van der Waals surface area (Å²) < 4.78 is 0. The number of imidazole rings is 1. The lowest BCUT2D eigenvalue weighted by atomic mass is 10.1. The van der Waals surface area contributed by atoms with Gasteiger partial charge in [0.15, 0.2) is 0 Å². The summed E-state index contributed by atoms with van der Waals surface area (Å²) in [6.07, 6.45) is 4.68. The molecule has 1 aromatic heterocycles. The first-order chi connectivity index (χ1) is 10.2. The third kappa shape index (κ3) is 4.56. The first-order valence-electron chi connectivity index (χ1n) is 7.65. The van der Waals surface area contributed by atoms with E-state index in [2.05, 4.69) is 15.3 Å². The van der Waals surface area contributed by atoms with Crippen LogP contribution in [0.3, 0.4) is 0 Å². The van der Waals surface area contributed by atoms with Crippen LogP contribution < -0.4 is 11.1 Å². The lowest BCUT2D eigenvalue weighted by molar-refractivity contribution is -0.121. The number of benzene rings is 1. The molecule has 4 N–H and O–H groups in total. The second-order valence-corrected chi connectivity index (χ2v) is 5.38. The van der Waals surface area contributed by atoms with Crippen LogP contribution in [0.25, 0.3) is 11.0 Å². The van der Waals surface area contributed by atoms with E-state index >= 15 is 0 Å². The van der Waals surface area contributed by atoms with Gasteiger partial charge in [-0.25, -0.2) is 4.98 Å². The van der Waals surface area contributed by atoms with Gasteiger partial charge in [-0.15, -0.1) is 0 Å². The Kier molecular flexibility index (Phi) is 5.75. The number of nitrogens with two attached hydrogens (primary N) is 1. The molecular formula is C16H24N4O. The maximum atomic E-state index is 11.9. The molecule has 0 spiro atoms. The van der Waals surface area contributed by atoms with Gasteiger partial charge in [0.1, 0.15) is 5.82 Å². The molecule has 0 saturated heterocycles. The zero-order valence-electron chi connectivity index (χ0n) is 12.6. The van der Waals surface area contributed by atoms with Crippen molar-refractivity contribution < 1.29 is 4.79 Å². The van der Waals surface area contributed by atoms with Crippen LogP contribution in [0.4, 0.5) is 0 Å². The number of aromatic amines is 1. The third-order valence-electron chi connectivity index (χ3n) is 3.55. The van der Waals surface area contributed by atoms with Crippen LogP contribution in [0.5, 0.6) is 0 Å². The molecule has 21 heavy (non-hydrogen) atoms. The number of carbonyl (C=O) groups is 1. The van der Waals surface area contributed by atoms with Gasteiger partial charge >= 0.3 is 0 Å². The molecule has 0 bridgehead atoms. The Bertz CT molecular complexity index is 545. The summed E-state index contributed by atoms with van der Waals surface area (Å²) in [5, 5.41) is 2.99. The lowest BCUT2D eigenvalue weighted by Gasteiger charge is -2.11. The van der Waals surface area contributed by atoms with Gasteiger partial charge in [0.25, 0.3) is 0 Å². The molecule has 1 unspecified atom stereocenters. The van der Waals surface area contributed by atoms with Gasteiger partial charge in [0, 0.05) is 6.42 Å². The smallest absolute Gasteiger partial charge is 0.220 e. The number of nitrogens with zero attached hydrogens (tertiary/aromatic N) is 1. The fourth-order valence-corrected chi connectivity index (χ4v) is 2.34. The van der Waals surface area contributed by atoms with Gasteiger partial charge in [-0.05, 0) is 38.4 Å². The summed E-state index contributed by atoms with van der Waals surface area (Å²) in [4.78, 5) is 19.6. The molecule has 1 heterocycles. The maximum Gasteiger partial charge on any atom is 0.220 e. The SMILES string of the molecule is CC(NC(=O)CCCCCCN)c1nc2ccccc2[nH]1.